The molecule has 2 aromatic carbocycles. The fourth-order valence-corrected chi connectivity index (χ4v) is 4.72. The molecule has 0 aromatic heterocycles. The maximum absolute atomic E-state index is 13.5. The predicted molar refractivity (Wildman–Crippen MR) is 107 cm³/mol. The Morgan fingerprint density at radius 2 is 1.93 bits per heavy atom. The van der Waals surface area contributed by atoms with Gasteiger partial charge in [-0.3, -0.25) is 14.4 Å². The summed E-state index contributed by atoms with van der Waals surface area (Å²) in [6, 6.07) is 11.9. The molecule has 0 N–H and O–H groups in total. The van der Waals surface area contributed by atoms with Gasteiger partial charge in [-0.05, 0) is 48.2 Å². The minimum absolute atomic E-state index is 0.208. The first kappa shape index (κ1) is 19.9. The van der Waals surface area contributed by atoms with Crippen LogP contribution in [0.5, 0.6) is 5.75 Å². The lowest BCUT2D eigenvalue weighted by molar-refractivity contribution is -0.154. The topological polar surface area (TPSA) is 82.1 Å². The molecule has 4 rings (SSSR count). The Labute approximate surface area is 174 Å². The number of fused-ring (bicyclic) bond motifs is 5. The van der Waals surface area contributed by atoms with Crippen molar-refractivity contribution in [3.05, 3.63) is 64.7 Å². The SMILES string of the molecule is CCOC(=O)[C@]12Cc3cc(OC)ccc3[C@H]1N(CC(=O)OC)C(=O)c1ccccc12. The van der Waals surface area contributed by atoms with Crippen molar-refractivity contribution in [2.45, 2.75) is 24.8 Å². The molecular formula is C23H23NO6. The molecule has 7 nitrogen and oxygen atoms in total. The number of amides is 1. The van der Waals surface area contributed by atoms with Gasteiger partial charge in [0.1, 0.15) is 17.7 Å². The number of carbonyl (C=O) groups is 3. The minimum Gasteiger partial charge on any atom is -0.497 e. The third-order valence-corrected chi connectivity index (χ3v) is 5.96. The van der Waals surface area contributed by atoms with Gasteiger partial charge < -0.3 is 19.1 Å². The zero-order chi connectivity index (χ0) is 21.5. The van der Waals surface area contributed by atoms with Crippen molar-refractivity contribution in [2.24, 2.45) is 0 Å². The fourth-order valence-electron chi connectivity index (χ4n) is 4.72. The first-order chi connectivity index (χ1) is 14.5. The van der Waals surface area contributed by atoms with Crippen LogP contribution in [0, 0.1) is 0 Å². The summed E-state index contributed by atoms with van der Waals surface area (Å²) in [5.74, 6) is -0.627. The highest BCUT2D eigenvalue weighted by atomic mass is 16.5. The van der Waals surface area contributed by atoms with Gasteiger partial charge in [0.25, 0.3) is 5.91 Å². The Morgan fingerprint density at radius 1 is 1.17 bits per heavy atom. The second-order valence-electron chi connectivity index (χ2n) is 7.39. The van der Waals surface area contributed by atoms with Crippen molar-refractivity contribution in [3.63, 3.8) is 0 Å². The average Bonchev–Trinajstić information content (AvgIpc) is 3.12. The Kier molecular flexibility index (Phi) is 4.97. The molecule has 1 aliphatic heterocycles. The number of benzene rings is 2. The van der Waals surface area contributed by atoms with Crippen LogP contribution in [0.1, 0.15) is 40.0 Å². The number of hydrogen-bond donors (Lipinski definition) is 0. The van der Waals surface area contributed by atoms with Crippen molar-refractivity contribution in [1.29, 1.82) is 0 Å². The zero-order valence-electron chi connectivity index (χ0n) is 17.1. The number of esters is 2. The van der Waals surface area contributed by atoms with Crippen molar-refractivity contribution in [1.82, 2.24) is 4.90 Å². The summed E-state index contributed by atoms with van der Waals surface area (Å²) in [4.78, 5) is 40.5. The van der Waals surface area contributed by atoms with Crippen molar-refractivity contribution in [2.75, 3.05) is 27.4 Å². The second kappa shape index (κ2) is 7.48. The molecule has 0 saturated heterocycles. The van der Waals surface area contributed by atoms with E-state index in [1.807, 2.05) is 18.2 Å². The molecule has 2 aliphatic rings. The minimum atomic E-state index is -1.15. The van der Waals surface area contributed by atoms with E-state index in [0.29, 0.717) is 23.3 Å². The Bertz CT molecular complexity index is 1030. The van der Waals surface area contributed by atoms with Crippen LogP contribution in [0.3, 0.4) is 0 Å². The van der Waals surface area contributed by atoms with Gasteiger partial charge in [0.2, 0.25) is 0 Å². The third-order valence-electron chi connectivity index (χ3n) is 5.96. The van der Waals surface area contributed by atoms with Crippen LogP contribution < -0.4 is 4.74 Å². The van der Waals surface area contributed by atoms with Crippen LogP contribution in [-0.2, 0) is 30.9 Å². The number of hydrogen-bond acceptors (Lipinski definition) is 6. The quantitative estimate of drug-likeness (QED) is 0.706. The Hall–Kier alpha value is -3.35. The molecule has 1 amide bonds. The molecule has 0 spiro atoms. The van der Waals surface area contributed by atoms with Crippen molar-refractivity contribution >= 4 is 17.8 Å². The average molecular weight is 409 g/mol. The number of nitrogens with zero attached hydrogens (tertiary/aromatic N) is 1. The van der Waals surface area contributed by atoms with Crippen LogP contribution in [0.15, 0.2) is 42.5 Å². The monoisotopic (exact) mass is 409 g/mol. The van der Waals surface area contributed by atoms with Gasteiger partial charge in [0.05, 0.1) is 26.9 Å². The largest absolute Gasteiger partial charge is 0.497 e. The molecule has 0 bridgehead atoms. The van der Waals surface area contributed by atoms with Gasteiger partial charge in [-0.2, -0.15) is 0 Å². The van der Waals surface area contributed by atoms with Crippen LogP contribution in [0.4, 0.5) is 0 Å². The van der Waals surface area contributed by atoms with Crippen LogP contribution in [0.2, 0.25) is 0 Å². The van der Waals surface area contributed by atoms with Crippen molar-refractivity contribution < 1.29 is 28.6 Å². The molecule has 0 fully saturated rings. The Morgan fingerprint density at radius 3 is 2.63 bits per heavy atom. The lowest BCUT2D eigenvalue weighted by Gasteiger charge is -2.45. The van der Waals surface area contributed by atoms with E-state index in [2.05, 4.69) is 0 Å². The van der Waals surface area contributed by atoms with E-state index in [4.69, 9.17) is 14.2 Å². The maximum atomic E-state index is 13.5. The molecule has 0 saturated carbocycles. The lowest BCUT2D eigenvalue weighted by Crippen LogP contribution is -2.55. The highest BCUT2D eigenvalue weighted by molar-refractivity contribution is 6.04. The first-order valence-electron chi connectivity index (χ1n) is 9.79. The standard InChI is InChI=1S/C23H23NO6/c1-4-30-22(27)23-12-14-11-15(28-2)9-10-16(14)20(23)24(13-19(25)29-3)21(26)17-7-5-6-8-18(17)23/h5-11,20H,4,12-13H2,1-3H3/t20-,23+/m1/s1. The third kappa shape index (κ3) is 2.76. The normalized spacial score (nSPS) is 21.4. The van der Waals surface area contributed by atoms with Gasteiger partial charge in [-0.25, -0.2) is 0 Å². The zero-order valence-corrected chi connectivity index (χ0v) is 17.1. The molecule has 30 heavy (non-hydrogen) atoms. The Balaban J connectivity index is 1.99. The molecule has 2 aromatic rings. The predicted octanol–water partition coefficient (Wildman–Crippen LogP) is 2.42. The summed E-state index contributed by atoms with van der Waals surface area (Å²) in [5.41, 5.74) is 1.55. The van der Waals surface area contributed by atoms with Gasteiger partial charge >= 0.3 is 11.9 Å². The smallest absolute Gasteiger partial charge is 0.325 e. The van der Waals surface area contributed by atoms with E-state index in [0.717, 1.165) is 11.1 Å². The second-order valence-corrected chi connectivity index (χ2v) is 7.39. The van der Waals surface area contributed by atoms with E-state index in [1.54, 1.807) is 38.3 Å². The van der Waals surface area contributed by atoms with Gasteiger partial charge in [0, 0.05) is 5.56 Å². The molecule has 7 heteroatoms. The van der Waals surface area contributed by atoms with E-state index in [9.17, 15) is 14.4 Å². The molecular weight excluding hydrogens is 386 g/mol. The summed E-state index contributed by atoms with van der Waals surface area (Å²) >= 11 is 0. The van der Waals surface area contributed by atoms with Crippen LogP contribution in [0.25, 0.3) is 0 Å². The summed E-state index contributed by atoms with van der Waals surface area (Å²) in [6.45, 7) is 1.70. The van der Waals surface area contributed by atoms with Crippen molar-refractivity contribution in [3.8, 4) is 5.75 Å². The van der Waals surface area contributed by atoms with Crippen LogP contribution in [-0.4, -0.2) is 50.1 Å². The molecule has 1 heterocycles. The van der Waals surface area contributed by atoms with E-state index < -0.39 is 23.4 Å². The first-order valence-corrected chi connectivity index (χ1v) is 9.79. The maximum Gasteiger partial charge on any atom is 0.325 e. The summed E-state index contributed by atoms with van der Waals surface area (Å²) in [6.07, 6.45) is 0.338. The van der Waals surface area contributed by atoms with E-state index >= 15 is 0 Å². The van der Waals surface area contributed by atoms with Gasteiger partial charge in [-0.15, -0.1) is 0 Å². The molecule has 156 valence electrons. The van der Waals surface area contributed by atoms with Crippen LogP contribution >= 0.6 is 0 Å². The number of rotatable bonds is 5. The summed E-state index contributed by atoms with van der Waals surface area (Å²) in [5, 5.41) is 0. The molecule has 0 radical (unpaired) electrons. The lowest BCUT2D eigenvalue weighted by atomic mass is 9.69. The fraction of sp³-hybridized carbons (Fsp3) is 0.348. The summed E-state index contributed by atoms with van der Waals surface area (Å²) < 4.78 is 15.7. The van der Waals surface area contributed by atoms with E-state index in [-0.39, 0.29) is 19.1 Å². The summed E-state index contributed by atoms with van der Waals surface area (Å²) in [7, 11) is 2.85. The highest BCUT2D eigenvalue weighted by Gasteiger charge is 2.61. The highest BCUT2D eigenvalue weighted by Crippen LogP contribution is 2.55. The molecule has 2 atom stereocenters. The number of carbonyl (C=O) groups excluding carboxylic acids is 3. The van der Waals surface area contributed by atoms with Gasteiger partial charge in [-0.1, -0.05) is 24.3 Å². The molecule has 0 unspecified atom stereocenters. The molecule has 1 aliphatic carbocycles. The number of methoxy groups -OCH3 is 2. The van der Waals surface area contributed by atoms with E-state index in [1.165, 1.54) is 12.0 Å². The number of ether oxygens (including phenoxy) is 3. The van der Waals surface area contributed by atoms with Gasteiger partial charge in [0.15, 0.2) is 0 Å².